The molecule has 5 nitrogen and oxygen atoms in total. The lowest BCUT2D eigenvalue weighted by Crippen LogP contribution is -2.28. The van der Waals surface area contributed by atoms with Crippen LogP contribution < -0.4 is 5.32 Å². The van der Waals surface area contributed by atoms with Crippen LogP contribution >= 0.6 is 0 Å². The van der Waals surface area contributed by atoms with Gasteiger partial charge in [0.2, 0.25) is 0 Å². The number of nitro groups is 1. The summed E-state index contributed by atoms with van der Waals surface area (Å²) in [4.78, 5) is 10.7. The summed E-state index contributed by atoms with van der Waals surface area (Å²) in [6, 6.07) is 6.82. The number of nitro benzene ring substituents is 1. The summed E-state index contributed by atoms with van der Waals surface area (Å²) in [7, 11) is 0. The number of nitrogens with zero attached hydrogens (tertiary/aromatic N) is 2. The van der Waals surface area contributed by atoms with Gasteiger partial charge in [0.05, 0.1) is 16.6 Å². The van der Waals surface area contributed by atoms with Gasteiger partial charge in [-0.25, -0.2) is 0 Å². The molecule has 0 amide bonds. The van der Waals surface area contributed by atoms with Crippen molar-refractivity contribution in [2.75, 3.05) is 5.32 Å². The summed E-state index contributed by atoms with van der Waals surface area (Å²) in [6.45, 7) is 4.51. The number of rotatable bonds is 4. The largest absolute Gasteiger partial charge is 0.377 e. The number of anilines is 1. The van der Waals surface area contributed by atoms with Crippen LogP contribution in [0.2, 0.25) is 0 Å². The molecule has 0 aliphatic heterocycles. The minimum Gasteiger partial charge on any atom is -0.377 e. The molecule has 0 bridgehead atoms. The lowest BCUT2D eigenvalue weighted by molar-refractivity contribution is -0.384. The van der Waals surface area contributed by atoms with E-state index in [1.165, 1.54) is 18.9 Å². The van der Waals surface area contributed by atoms with E-state index in [-0.39, 0.29) is 11.7 Å². The van der Waals surface area contributed by atoms with Crippen LogP contribution in [-0.4, -0.2) is 11.0 Å². The number of hydrogen-bond acceptors (Lipinski definition) is 4. The molecule has 0 atom stereocenters. The van der Waals surface area contributed by atoms with Gasteiger partial charge in [0.25, 0.3) is 5.69 Å². The Morgan fingerprint density at radius 3 is 2.52 bits per heavy atom. The zero-order valence-corrected chi connectivity index (χ0v) is 12.5. The Morgan fingerprint density at radius 2 is 2.00 bits per heavy atom. The molecule has 0 unspecified atom stereocenters. The number of benzene rings is 1. The first-order chi connectivity index (χ1) is 10.0. The molecule has 0 saturated heterocycles. The second kappa shape index (κ2) is 6.57. The van der Waals surface area contributed by atoms with Gasteiger partial charge in [0, 0.05) is 12.1 Å². The molecule has 21 heavy (non-hydrogen) atoms. The Kier molecular flexibility index (Phi) is 4.79. The van der Waals surface area contributed by atoms with Crippen molar-refractivity contribution in [3.63, 3.8) is 0 Å². The molecule has 5 heteroatoms. The standard InChI is InChI=1S/C16H21N3O2/c1-11(2)13-4-6-14(7-5-13)18-15-8-3-12(10-17)9-16(15)19(20)21/h3,8-9,11,13-14,18H,4-7H2,1-2H3. The summed E-state index contributed by atoms with van der Waals surface area (Å²) < 4.78 is 0. The minimum absolute atomic E-state index is 0.0139. The van der Waals surface area contributed by atoms with Crippen molar-refractivity contribution in [2.24, 2.45) is 11.8 Å². The summed E-state index contributed by atoms with van der Waals surface area (Å²) >= 11 is 0. The zero-order valence-electron chi connectivity index (χ0n) is 12.5. The molecular formula is C16H21N3O2. The highest BCUT2D eigenvalue weighted by molar-refractivity contribution is 5.64. The average Bonchev–Trinajstić information content (AvgIpc) is 2.48. The Balaban J connectivity index is 2.07. The summed E-state index contributed by atoms with van der Waals surface area (Å²) in [5.74, 6) is 1.47. The first-order valence-corrected chi connectivity index (χ1v) is 7.46. The molecule has 112 valence electrons. The fraction of sp³-hybridized carbons (Fsp3) is 0.562. The van der Waals surface area contributed by atoms with E-state index in [9.17, 15) is 10.1 Å². The molecule has 1 N–H and O–H groups in total. The van der Waals surface area contributed by atoms with Crippen molar-refractivity contribution in [2.45, 2.75) is 45.6 Å². The fourth-order valence-corrected chi connectivity index (χ4v) is 3.02. The molecule has 1 aliphatic carbocycles. The van der Waals surface area contributed by atoms with Crippen molar-refractivity contribution in [1.82, 2.24) is 0 Å². The Bertz CT molecular complexity index is 555. The molecule has 0 spiro atoms. The summed E-state index contributed by atoms with van der Waals surface area (Å²) in [5, 5.41) is 23.3. The third-order valence-corrected chi connectivity index (χ3v) is 4.40. The maximum atomic E-state index is 11.1. The summed E-state index contributed by atoms with van der Waals surface area (Å²) in [5.41, 5.74) is 0.822. The van der Waals surface area contributed by atoms with Gasteiger partial charge in [0.1, 0.15) is 5.69 Å². The lowest BCUT2D eigenvalue weighted by atomic mass is 9.79. The predicted molar refractivity (Wildman–Crippen MR) is 82.0 cm³/mol. The molecule has 1 aromatic rings. The molecule has 0 heterocycles. The van der Waals surface area contributed by atoms with E-state index in [1.54, 1.807) is 12.1 Å². The van der Waals surface area contributed by atoms with Crippen molar-refractivity contribution < 1.29 is 4.92 Å². The Morgan fingerprint density at radius 1 is 1.33 bits per heavy atom. The highest BCUT2D eigenvalue weighted by Crippen LogP contribution is 2.33. The molecule has 0 aromatic heterocycles. The van der Waals surface area contributed by atoms with Crippen LogP contribution in [-0.2, 0) is 0 Å². The van der Waals surface area contributed by atoms with Crippen LogP contribution in [0.1, 0.15) is 45.1 Å². The van der Waals surface area contributed by atoms with Crippen LogP contribution in [0.25, 0.3) is 0 Å². The fourth-order valence-electron chi connectivity index (χ4n) is 3.02. The van der Waals surface area contributed by atoms with Gasteiger partial charge >= 0.3 is 0 Å². The van der Waals surface area contributed by atoms with E-state index in [1.807, 2.05) is 6.07 Å². The third kappa shape index (κ3) is 3.72. The summed E-state index contributed by atoms with van der Waals surface area (Å²) in [6.07, 6.45) is 4.42. The van der Waals surface area contributed by atoms with E-state index in [0.29, 0.717) is 17.2 Å². The Labute approximate surface area is 125 Å². The van der Waals surface area contributed by atoms with Crippen LogP contribution in [0.5, 0.6) is 0 Å². The van der Waals surface area contributed by atoms with Crippen molar-refractivity contribution in [3.05, 3.63) is 33.9 Å². The van der Waals surface area contributed by atoms with E-state index in [0.717, 1.165) is 18.8 Å². The van der Waals surface area contributed by atoms with Gasteiger partial charge in [-0.05, 0) is 49.7 Å². The van der Waals surface area contributed by atoms with Crippen LogP contribution in [0.3, 0.4) is 0 Å². The maximum absolute atomic E-state index is 11.1. The topological polar surface area (TPSA) is 79.0 Å². The minimum atomic E-state index is -0.428. The predicted octanol–water partition coefficient (Wildman–Crippen LogP) is 4.09. The Hall–Kier alpha value is -2.09. The number of nitrogens with one attached hydrogen (secondary N) is 1. The number of hydrogen-bond donors (Lipinski definition) is 1. The smallest absolute Gasteiger partial charge is 0.293 e. The van der Waals surface area contributed by atoms with Gasteiger partial charge < -0.3 is 5.32 Å². The second-order valence-corrected chi connectivity index (χ2v) is 6.10. The molecule has 1 fully saturated rings. The van der Waals surface area contributed by atoms with Gasteiger partial charge in [0.15, 0.2) is 0 Å². The van der Waals surface area contributed by atoms with Gasteiger partial charge in [-0.2, -0.15) is 5.26 Å². The van der Waals surface area contributed by atoms with E-state index in [2.05, 4.69) is 19.2 Å². The first-order valence-electron chi connectivity index (χ1n) is 7.46. The van der Waals surface area contributed by atoms with Crippen LogP contribution in [0.4, 0.5) is 11.4 Å². The first kappa shape index (κ1) is 15.3. The second-order valence-electron chi connectivity index (χ2n) is 6.10. The lowest BCUT2D eigenvalue weighted by Gasteiger charge is -2.31. The van der Waals surface area contributed by atoms with Crippen molar-refractivity contribution in [1.29, 1.82) is 5.26 Å². The van der Waals surface area contributed by atoms with Gasteiger partial charge in [-0.3, -0.25) is 10.1 Å². The average molecular weight is 287 g/mol. The molecule has 2 rings (SSSR count). The van der Waals surface area contributed by atoms with Crippen LogP contribution in [0, 0.1) is 33.3 Å². The van der Waals surface area contributed by atoms with Crippen molar-refractivity contribution in [3.8, 4) is 6.07 Å². The SMILES string of the molecule is CC(C)C1CCC(Nc2ccc(C#N)cc2[N+](=O)[O-])CC1. The molecular weight excluding hydrogens is 266 g/mol. The molecule has 0 radical (unpaired) electrons. The van der Waals surface area contributed by atoms with Gasteiger partial charge in [-0.15, -0.1) is 0 Å². The third-order valence-electron chi connectivity index (χ3n) is 4.40. The van der Waals surface area contributed by atoms with Crippen molar-refractivity contribution >= 4 is 11.4 Å². The molecule has 1 aromatic carbocycles. The highest BCUT2D eigenvalue weighted by atomic mass is 16.6. The monoisotopic (exact) mass is 287 g/mol. The van der Waals surface area contributed by atoms with E-state index < -0.39 is 4.92 Å². The van der Waals surface area contributed by atoms with Crippen LogP contribution in [0.15, 0.2) is 18.2 Å². The highest BCUT2D eigenvalue weighted by Gasteiger charge is 2.25. The quantitative estimate of drug-likeness (QED) is 0.668. The zero-order chi connectivity index (χ0) is 15.4. The normalized spacial score (nSPS) is 21.8. The van der Waals surface area contributed by atoms with E-state index in [4.69, 9.17) is 5.26 Å². The molecule has 1 aliphatic rings. The maximum Gasteiger partial charge on any atom is 0.293 e. The van der Waals surface area contributed by atoms with Gasteiger partial charge in [-0.1, -0.05) is 13.8 Å². The van der Waals surface area contributed by atoms with E-state index >= 15 is 0 Å². The number of nitriles is 1. The molecule has 1 saturated carbocycles.